The molecule has 0 radical (unpaired) electrons. The molecule has 0 aliphatic heterocycles. The van der Waals surface area contributed by atoms with Crippen molar-refractivity contribution in [3.63, 3.8) is 0 Å². The van der Waals surface area contributed by atoms with E-state index in [9.17, 15) is 8.42 Å². The van der Waals surface area contributed by atoms with Gasteiger partial charge >= 0.3 is 0 Å². The quantitative estimate of drug-likeness (QED) is 0.468. The monoisotopic (exact) mass is 352 g/mol. The molecule has 0 unspecified atom stereocenters. The Bertz CT molecular complexity index is 720. The molecule has 0 spiro atoms. The molecular weight excluding hydrogens is 332 g/mol. The van der Waals surface area contributed by atoms with Gasteiger partial charge in [-0.2, -0.15) is 5.48 Å². The van der Waals surface area contributed by atoms with Crippen molar-refractivity contribution in [3.8, 4) is 5.75 Å². The number of hydroxylamine groups is 1. The van der Waals surface area contributed by atoms with Gasteiger partial charge in [0.2, 0.25) is 10.0 Å². The molecule has 0 saturated carbocycles. The Morgan fingerprint density at radius 1 is 1.04 bits per heavy atom. The third kappa shape index (κ3) is 6.65. The highest BCUT2D eigenvalue weighted by atomic mass is 32.2. The molecule has 130 valence electrons. The van der Waals surface area contributed by atoms with Gasteiger partial charge in [0.05, 0.1) is 6.26 Å². The number of ether oxygens (including phenoxy) is 1. The van der Waals surface area contributed by atoms with Gasteiger partial charge in [-0.05, 0) is 23.3 Å². The third-order valence-corrected chi connectivity index (χ3v) is 3.48. The SMILES string of the molecule is CS(=O)(=O)NO[C@@H](Cc1ccc(OCc2ccccc2)cc1)NO. The minimum absolute atomic E-state index is 0.262. The van der Waals surface area contributed by atoms with Crippen LogP contribution in [0.4, 0.5) is 0 Å². The summed E-state index contributed by atoms with van der Waals surface area (Å²) in [7, 11) is -3.51. The van der Waals surface area contributed by atoms with Gasteiger partial charge in [-0.25, -0.2) is 8.42 Å². The first-order valence-electron chi connectivity index (χ1n) is 7.24. The average molecular weight is 352 g/mol. The summed E-state index contributed by atoms with van der Waals surface area (Å²) in [6.07, 6.45) is 0.314. The van der Waals surface area contributed by atoms with Crippen LogP contribution in [0.2, 0.25) is 0 Å². The van der Waals surface area contributed by atoms with E-state index in [-0.39, 0.29) is 6.42 Å². The predicted molar refractivity (Wildman–Crippen MR) is 88.7 cm³/mol. The van der Waals surface area contributed by atoms with Crippen molar-refractivity contribution in [3.05, 3.63) is 65.7 Å². The summed E-state index contributed by atoms with van der Waals surface area (Å²) in [5, 5.41) is 9.01. The second-order valence-electron chi connectivity index (χ2n) is 5.21. The minimum Gasteiger partial charge on any atom is -0.489 e. The Morgan fingerprint density at radius 3 is 2.29 bits per heavy atom. The van der Waals surface area contributed by atoms with Crippen molar-refractivity contribution in [2.45, 2.75) is 19.3 Å². The molecule has 0 bridgehead atoms. The summed E-state index contributed by atoms with van der Waals surface area (Å²) < 4.78 is 27.6. The second-order valence-corrected chi connectivity index (χ2v) is 6.92. The van der Waals surface area contributed by atoms with E-state index in [1.165, 1.54) is 0 Å². The second kappa shape index (κ2) is 8.76. The van der Waals surface area contributed by atoms with Crippen molar-refractivity contribution in [1.82, 2.24) is 10.4 Å². The topological polar surface area (TPSA) is 96.9 Å². The highest BCUT2D eigenvalue weighted by Crippen LogP contribution is 2.15. The molecule has 2 rings (SSSR count). The van der Waals surface area contributed by atoms with E-state index in [0.717, 1.165) is 17.4 Å². The Balaban J connectivity index is 1.86. The molecule has 0 fully saturated rings. The van der Waals surface area contributed by atoms with Gasteiger partial charge in [0.25, 0.3) is 0 Å². The minimum atomic E-state index is -3.51. The van der Waals surface area contributed by atoms with Crippen LogP contribution in [0.5, 0.6) is 5.75 Å². The zero-order valence-corrected chi connectivity index (χ0v) is 14.0. The van der Waals surface area contributed by atoms with Crippen LogP contribution < -0.4 is 15.1 Å². The smallest absolute Gasteiger partial charge is 0.230 e. The summed E-state index contributed by atoms with van der Waals surface area (Å²) in [6, 6.07) is 17.1. The van der Waals surface area contributed by atoms with Gasteiger partial charge in [0.15, 0.2) is 6.23 Å². The highest BCUT2D eigenvalue weighted by Gasteiger charge is 2.12. The normalized spacial score (nSPS) is 12.8. The Morgan fingerprint density at radius 2 is 1.71 bits per heavy atom. The number of sulfonamides is 1. The molecule has 24 heavy (non-hydrogen) atoms. The largest absolute Gasteiger partial charge is 0.489 e. The van der Waals surface area contributed by atoms with Crippen molar-refractivity contribution in [2.75, 3.05) is 6.26 Å². The fourth-order valence-electron chi connectivity index (χ4n) is 1.94. The van der Waals surface area contributed by atoms with E-state index < -0.39 is 16.3 Å². The number of benzene rings is 2. The van der Waals surface area contributed by atoms with E-state index in [0.29, 0.717) is 12.4 Å². The number of hydrogen-bond acceptors (Lipinski definition) is 6. The van der Waals surface area contributed by atoms with E-state index in [1.54, 1.807) is 12.1 Å². The van der Waals surface area contributed by atoms with Crippen molar-refractivity contribution < 1.29 is 23.2 Å². The van der Waals surface area contributed by atoms with Gasteiger partial charge in [-0.3, -0.25) is 4.84 Å². The molecule has 7 nitrogen and oxygen atoms in total. The molecule has 3 N–H and O–H groups in total. The van der Waals surface area contributed by atoms with Crippen molar-refractivity contribution >= 4 is 10.0 Å². The number of hydrogen-bond donors (Lipinski definition) is 3. The lowest BCUT2D eigenvalue weighted by atomic mass is 10.1. The molecule has 0 amide bonds. The van der Waals surface area contributed by atoms with Crippen LogP contribution in [-0.4, -0.2) is 26.1 Å². The third-order valence-electron chi connectivity index (χ3n) is 3.08. The molecule has 2 aromatic rings. The first-order chi connectivity index (χ1) is 11.5. The van der Waals surface area contributed by atoms with Crippen LogP contribution in [0.1, 0.15) is 11.1 Å². The fraction of sp³-hybridized carbons (Fsp3) is 0.250. The summed E-state index contributed by atoms with van der Waals surface area (Å²) in [6.45, 7) is 0.475. The Kier molecular flexibility index (Phi) is 6.71. The predicted octanol–water partition coefficient (Wildman–Crippen LogP) is 1.59. The van der Waals surface area contributed by atoms with Gasteiger partial charge in [0.1, 0.15) is 12.4 Å². The summed E-state index contributed by atoms with van der Waals surface area (Å²) in [4.78, 5) is 6.73. The van der Waals surface area contributed by atoms with E-state index >= 15 is 0 Å². The highest BCUT2D eigenvalue weighted by molar-refractivity contribution is 7.88. The summed E-state index contributed by atoms with van der Waals surface area (Å²) in [5.74, 6) is 0.714. The molecule has 1 atom stereocenters. The van der Waals surface area contributed by atoms with Crippen LogP contribution >= 0.6 is 0 Å². The maximum absolute atomic E-state index is 11.0. The molecule has 0 aromatic heterocycles. The lowest BCUT2D eigenvalue weighted by Crippen LogP contribution is -2.38. The molecule has 0 aliphatic carbocycles. The zero-order chi connectivity index (χ0) is 17.4. The number of nitrogens with one attached hydrogen (secondary N) is 2. The standard InChI is InChI=1S/C16H20N2O5S/c1-24(20,21)18-23-16(17-19)11-13-7-9-15(10-8-13)22-12-14-5-3-2-4-6-14/h2-10,16-19H,11-12H2,1H3/t16-/m0/s1. The van der Waals surface area contributed by atoms with Gasteiger partial charge in [0, 0.05) is 6.42 Å². The van der Waals surface area contributed by atoms with Gasteiger partial charge in [-0.1, -0.05) is 47.3 Å². The van der Waals surface area contributed by atoms with Crippen LogP contribution in [0, 0.1) is 0 Å². The van der Waals surface area contributed by atoms with Crippen LogP contribution in [-0.2, 0) is 27.9 Å². The zero-order valence-electron chi connectivity index (χ0n) is 13.2. The van der Waals surface area contributed by atoms with Crippen molar-refractivity contribution in [1.29, 1.82) is 0 Å². The Hall–Kier alpha value is -1.97. The summed E-state index contributed by atoms with van der Waals surface area (Å²) in [5.41, 5.74) is 3.82. The fourth-order valence-corrected chi connectivity index (χ4v) is 2.23. The maximum atomic E-state index is 11.0. The molecule has 0 heterocycles. The summed E-state index contributed by atoms with van der Waals surface area (Å²) >= 11 is 0. The molecule has 0 saturated heterocycles. The first kappa shape index (κ1) is 18.4. The van der Waals surface area contributed by atoms with Crippen molar-refractivity contribution in [2.24, 2.45) is 0 Å². The molecule has 0 aliphatic rings. The number of rotatable bonds is 9. The van der Waals surface area contributed by atoms with E-state index in [1.807, 2.05) is 52.8 Å². The van der Waals surface area contributed by atoms with Crippen LogP contribution in [0.3, 0.4) is 0 Å². The first-order valence-corrected chi connectivity index (χ1v) is 9.13. The molecular formula is C16H20N2O5S. The van der Waals surface area contributed by atoms with Gasteiger partial charge < -0.3 is 9.94 Å². The lowest BCUT2D eigenvalue weighted by Gasteiger charge is -2.15. The molecule has 8 heteroatoms. The molecule has 2 aromatic carbocycles. The van der Waals surface area contributed by atoms with Crippen LogP contribution in [0.25, 0.3) is 0 Å². The van der Waals surface area contributed by atoms with E-state index in [4.69, 9.17) is 14.8 Å². The van der Waals surface area contributed by atoms with Crippen LogP contribution in [0.15, 0.2) is 54.6 Å². The Labute approximate surface area is 141 Å². The van der Waals surface area contributed by atoms with Gasteiger partial charge in [-0.15, -0.1) is 0 Å². The van der Waals surface area contributed by atoms with E-state index in [2.05, 4.69) is 0 Å². The average Bonchev–Trinajstić information content (AvgIpc) is 2.58. The maximum Gasteiger partial charge on any atom is 0.230 e. The lowest BCUT2D eigenvalue weighted by molar-refractivity contribution is -0.0730.